The van der Waals surface area contributed by atoms with Crippen molar-refractivity contribution in [1.29, 1.82) is 0 Å². The van der Waals surface area contributed by atoms with Gasteiger partial charge in [0.1, 0.15) is 0 Å². The van der Waals surface area contributed by atoms with Crippen molar-refractivity contribution in [2.24, 2.45) is 5.73 Å². The molecule has 0 aliphatic rings. The fourth-order valence-electron chi connectivity index (χ4n) is 1.90. The number of hydrogen-bond donors (Lipinski definition) is 1. The van der Waals surface area contributed by atoms with E-state index in [1.165, 1.54) is 0 Å². The molecule has 0 bridgehead atoms. The Morgan fingerprint density at radius 3 is 2.56 bits per heavy atom. The largest absolute Gasteiger partial charge is 0.328 e. The summed E-state index contributed by atoms with van der Waals surface area (Å²) in [6.45, 7) is 4.38. The molecule has 0 aliphatic heterocycles. The van der Waals surface area contributed by atoms with E-state index in [1.54, 1.807) is 10.6 Å². The minimum Gasteiger partial charge on any atom is -0.328 e. The fourth-order valence-corrected chi connectivity index (χ4v) is 1.90. The van der Waals surface area contributed by atoms with E-state index < -0.39 is 0 Å². The van der Waals surface area contributed by atoms with Crippen molar-refractivity contribution in [3.05, 3.63) is 46.8 Å². The molecular weight excluding hydrogens is 200 g/mol. The van der Waals surface area contributed by atoms with Crippen molar-refractivity contribution < 1.29 is 0 Å². The predicted octanol–water partition coefficient (Wildman–Crippen LogP) is 1.70. The van der Waals surface area contributed by atoms with Crippen molar-refractivity contribution in [3.63, 3.8) is 0 Å². The van der Waals surface area contributed by atoms with E-state index in [0.717, 1.165) is 10.9 Å². The third-order valence-corrected chi connectivity index (χ3v) is 2.91. The summed E-state index contributed by atoms with van der Waals surface area (Å²) in [6, 6.07) is 11.3. The molecule has 0 fully saturated rings. The van der Waals surface area contributed by atoms with Gasteiger partial charge in [0, 0.05) is 12.6 Å². The van der Waals surface area contributed by atoms with Crippen LogP contribution in [0.1, 0.15) is 13.8 Å². The quantitative estimate of drug-likeness (QED) is 0.830. The molecule has 0 atom stereocenters. The van der Waals surface area contributed by atoms with E-state index in [1.807, 2.05) is 44.2 Å². The Bertz CT molecular complexity index is 569. The van der Waals surface area contributed by atoms with Gasteiger partial charge >= 0.3 is 0 Å². The topological polar surface area (TPSA) is 48.0 Å². The third kappa shape index (κ3) is 1.63. The van der Waals surface area contributed by atoms with Gasteiger partial charge in [-0.1, -0.05) is 18.2 Å². The van der Waals surface area contributed by atoms with Crippen molar-refractivity contribution in [3.8, 4) is 0 Å². The van der Waals surface area contributed by atoms with Crippen molar-refractivity contribution >= 4 is 10.9 Å². The molecule has 0 spiro atoms. The molecule has 0 aliphatic carbocycles. The number of aromatic nitrogens is 1. The number of hydrogen-bond acceptors (Lipinski definition) is 2. The van der Waals surface area contributed by atoms with Gasteiger partial charge < -0.3 is 10.3 Å². The summed E-state index contributed by atoms with van der Waals surface area (Å²) >= 11 is 0. The average Bonchev–Trinajstić information content (AvgIpc) is 2.28. The van der Waals surface area contributed by atoms with Gasteiger partial charge in [0.25, 0.3) is 5.56 Å². The molecule has 3 nitrogen and oxygen atoms in total. The van der Waals surface area contributed by atoms with Crippen LogP contribution in [0.4, 0.5) is 0 Å². The van der Waals surface area contributed by atoms with E-state index in [9.17, 15) is 4.79 Å². The third-order valence-electron chi connectivity index (χ3n) is 2.91. The molecule has 0 saturated heterocycles. The SMILES string of the molecule is CC(C)(CN)n1c(=O)ccc2ccccc21. The highest BCUT2D eigenvalue weighted by atomic mass is 16.1. The summed E-state index contributed by atoms with van der Waals surface area (Å²) < 4.78 is 1.77. The number of para-hydroxylation sites is 1. The molecule has 16 heavy (non-hydrogen) atoms. The first-order valence-electron chi connectivity index (χ1n) is 5.37. The smallest absolute Gasteiger partial charge is 0.251 e. The first-order chi connectivity index (χ1) is 7.56. The number of pyridine rings is 1. The maximum atomic E-state index is 11.9. The zero-order valence-corrected chi connectivity index (χ0v) is 9.60. The molecule has 1 aromatic heterocycles. The predicted molar refractivity (Wildman–Crippen MR) is 66.6 cm³/mol. The molecule has 1 heterocycles. The summed E-state index contributed by atoms with van der Waals surface area (Å²) in [5.74, 6) is 0. The zero-order chi connectivity index (χ0) is 11.8. The van der Waals surface area contributed by atoms with Gasteiger partial charge in [0.15, 0.2) is 0 Å². The lowest BCUT2D eigenvalue weighted by Crippen LogP contribution is -2.41. The molecule has 3 heteroatoms. The molecule has 2 N–H and O–H groups in total. The summed E-state index contributed by atoms with van der Waals surface area (Å²) in [5.41, 5.74) is 6.31. The summed E-state index contributed by atoms with van der Waals surface area (Å²) in [6.07, 6.45) is 0. The van der Waals surface area contributed by atoms with Gasteiger partial charge in [-0.25, -0.2) is 0 Å². The fraction of sp³-hybridized carbons (Fsp3) is 0.308. The van der Waals surface area contributed by atoms with Gasteiger partial charge in [-0.2, -0.15) is 0 Å². The highest BCUT2D eigenvalue weighted by molar-refractivity contribution is 5.79. The van der Waals surface area contributed by atoms with Crippen LogP contribution in [0.25, 0.3) is 10.9 Å². The second-order valence-electron chi connectivity index (χ2n) is 4.58. The van der Waals surface area contributed by atoms with Gasteiger partial charge in [-0.3, -0.25) is 4.79 Å². The molecule has 2 aromatic rings. The minimum absolute atomic E-state index is 0.00542. The highest BCUT2D eigenvalue weighted by Gasteiger charge is 2.20. The molecule has 0 saturated carbocycles. The average molecular weight is 216 g/mol. The number of fused-ring (bicyclic) bond motifs is 1. The summed E-state index contributed by atoms with van der Waals surface area (Å²) in [4.78, 5) is 11.9. The van der Waals surface area contributed by atoms with Crippen molar-refractivity contribution in [2.75, 3.05) is 6.54 Å². The van der Waals surface area contributed by atoms with Gasteiger partial charge in [-0.05, 0) is 31.4 Å². The molecule has 0 unspecified atom stereocenters. The lowest BCUT2D eigenvalue weighted by Gasteiger charge is -2.27. The second-order valence-corrected chi connectivity index (χ2v) is 4.58. The number of rotatable bonds is 2. The number of benzene rings is 1. The van der Waals surface area contributed by atoms with Crippen LogP contribution in [0.15, 0.2) is 41.2 Å². The van der Waals surface area contributed by atoms with Crippen LogP contribution in [0.2, 0.25) is 0 Å². The minimum atomic E-state index is -0.363. The summed E-state index contributed by atoms with van der Waals surface area (Å²) in [7, 11) is 0. The number of nitrogens with two attached hydrogens (primary N) is 1. The van der Waals surface area contributed by atoms with Crippen LogP contribution in [-0.4, -0.2) is 11.1 Å². The van der Waals surface area contributed by atoms with Crippen LogP contribution in [0.3, 0.4) is 0 Å². The Morgan fingerprint density at radius 1 is 1.19 bits per heavy atom. The number of nitrogens with zero attached hydrogens (tertiary/aromatic N) is 1. The highest BCUT2D eigenvalue weighted by Crippen LogP contribution is 2.18. The van der Waals surface area contributed by atoms with Gasteiger partial charge in [-0.15, -0.1) is 0 Å². The second kappa shape index (κ2) is 3.76. The molecule has 0 amide bonds. The summed E-state index contributed by atoms with van der Waals surface area (Å²) in [5, 5.41) is 1.06. The van der Waals surface area contributed by atoms with Crippen LogP contribution in [0.5, 0.6) is 0 Å². The van der Waals surface area contributed by atoms with E-state index in [4.69, 9.17) is 5.73 Å². The molecular formula is C13H16N2O. The van der Waals surface area contributed by atoms with Gasteiger partial charge in [0.2, 0.25) is 0 Å². The Kier molecular flexibility index (Phi) is 2.56. The van der Waals surface area contributed by atoms with Crippen LogP contribution >= 0.6 is 0 Å². The Hall–Kier alpha value is -1.61. The van der Waals surface area contributed by atoms with Crippen LogP contribution < -0.4 is 11.3 Å². The monoisotopic (exact) mass is 216 g/mol. The van der Waals surface area contributed by atoms with Crippen LogP contribution in [-0.2, 0) is 5.54 Å². The molecule has 1 aromatic carbocycles. The normalized spacial score (nSPS) is 11.9. The first-order valence-corrected chi connectivity index (χ1v) is 5.37. The van der Waals surface area contributed by atoms with E-state index >= 15 is 0 Å². The van der Waals surface area contributed by atoms with Crippen LogP contribution in [0, 0.1) is 0 Å². The Labute approximate surface area is 94.5 Å². The Morgan fingerprint density at radius 2 is 1.88 bits per heavy atom. The maximum absolute atomic E-state index is 11.9. The van der Waals surface area contributed by atoms with Crippen molar-refractivity contribution in [1.82, 2.24) is 4.57 Å². The first kappa shape index (κ1) is 10.9. The maximum Gasteiger partial charge on any atom is 0.251 e. The molecule has 84 valence electrons. The standard InChI is InChI=1S/C13H16N2O/c1-13(2,9-14)15-11-6-4-3-5-10(11)7-8-12(15)16/h3-8H,9,14H2,1-2H3. The Balaban J connectivity index is 2.86. The van der Waals surface area contributed by atoms with E-state index in [-0.39, 0.29) is 11.1 Å². The van der Waals surface area contributed by atoms with E-state index in [0.29, 0.717) is 6.54 Å². The molecule has 0 radical (unpaired) electrons. The zero-order valence-electron chi connectivity index (χ0n) is 9.60. The van der Waals surface area contributed by atoms with E-state index in [2.05, 4.69) is 0 Å². The van der Waals surface area contributed by atoms with Crippen molar-refractivity contribution in [2.45, 2.75) is 19.4 Å². The van der Waals surface area contributed by atoms with Gasteiger partial charge in [0.05, 0.1) is 11.1 Å². The molecule has 2 rings (SSSR count). The lowest BCUT2D eigenvalue weighted by atomic mass is 10.0. The lowest BCUT2D eigenvalue weighted by molar-refractivity contribution is 0.368.